The zero-order chi connectivity index (χ0) is 18.3. The fraction of sp³-hybridized carbons (Fsp3) is 0.238. The van der Waals surface area contributed by atoms with E-state index in [0.29, 0.717) is 11.3 Å². The van der Waals surface area contributed by atoms with Crippen molar-refractivity contribution in [3.8, 4) is 0 Å². The van der Waals surface area contributed by atoms with Crippen LogP contribution in [0.25, 0.3) is 0 Å². The third-order valence-corrected chi connectivity index (χ3v) is 5.47. The fourth-order valence-corrected chi connectivity index (χ4v) is 4.03. The van der Waals surface area contributed by atoms with Crippen molar-refractivity contribution >= 4 is 33.5 Å². The summed E-state index contributed by atoms with van der Waals surface area (Å²) in [6, 6.07) is 15.7. The van der Waals surface area contributed by atoms with E-state index in [1.807, 2.05) is 36.4 Å². The van der Waals surface area contributed by atoms with Gasteiger partial charge < -0.3 is 4.74 Å². The van der Waals surface area contributed by atoms with E-state index in [0.717, 1.165) is 22.1 Å². The SMILES string of the molecule is CCc1ccc(C2CC(=O)N(c3cccc(Br)c3)C3=C2C(=O)OC3)cc1. The molecule has 0 aromatic heterocycles. The van der Waals surface area contributed by atoms with Gasteiger partial charge in [-0.05, 0) is 35.7 Å². The molecule has 0 aliphatic carbocycles. The molecule has 0 saturated heterocycles. The predicted octanol–water partition coefficient (Wildman–Crippen LogP) is 4.34. The van der Waals surface area contributed by atoms with E-state index in [9.17, 15) is 9.59 Å². The van der Waals surface area contributed by atoms with Crippen LogP contribution in [0.1, 0.15) is 30.4 Å². The molecular formula is C21H18BrNO3. The average molecular weight is 412 g/mol. The van der Waals surface area contributed by atoms with Gasteiger partial charge in [-0.25, -0.2) is 4.79 Å². The van der Waals surface area contributed by atoms with Crippen LogP contribution >= 0.6 is 15.9 Å². The molecule has 132 valence electrons. The molecule has 0 fully saturated rings. The molecule has 1 amide bonds. The Morgan fingerprint density at radius 3 is 2.62 bits per heavy atom. The molecule has 0 saturated carbocycles. The Hall–Kier alpha value is -2.40. The lowest BCUT2D eigenvalue weighted by Crippen LogP contribution is -2.37. The average Bonchev–Trinajstić information content (AvgIpc) is 3.02. The van der Waals surface area contributed by atoms with Gasteiger partial charge in [-0.15, -0.1) is 0 Å². The molecule has 2 aromatic rings. The first-order valence-electron chi connectivity index (χ1n) is 8.66. The summed E-state index contributed by atoms with van der Waals surface area (Å²) in [6.45, 7) is 2.24. The van der Waals surface area contributed by atoms with Crippen molar-refractivity contribution in [2.45, 2.75) is 25.7 Å². The molecule has 2 aliphatic rings. The number of cyclic esters (lactones) is 1. The summed E-state index contributed by atoms with van der Waals surface area (Å²) in [5, 5.41) is 0. The van der Waals surface area contributed by atoms with Crippen LogP contribution in [0.3, 0.4) is 0 Å². The van der Waals surface area contributed by atoms with E-state index in [-0.39, 0.29) is 30.8 Å². The Morgan fingerprint density at radius 2 is 1.92 bits per heavy atom. The first kappa shape index (κ1) is 17.0. The lowest BCUT2D eigenvalue weighted by atomic mass is 9.84. The van der Waals surface area contributed by atoms with Crippen molar-refractivity contribution in [1.29, 1.82) is 0 Å². The van der Waals surface area contributed by atoms with Crippen LogP contribution in [0.2, 0.25) is 0 Å². The summed E-state index contributed by atoms with van der Waals surface area (Å²) in [7, 11) is 0. The summed E-state index contributed by atoms with van der Waals surface area (Å²) in [5.41, 5.74) is 4.23. The molecule has 2 aliphatic heterocycles. The van der Waals surface area contributed by atoms with Crippen LogP contribution in [0.4, 0.5) is 5.69 Å². The van der Waals surface area contributed by atoms with Gasteiger partial charge in [-0.3, -0.25) is 9.69 Å². The van der Waals surface area contributed by atoms with Crippen LogP contribution in [0, 0.1) is 0 Å². The minimum atomic E-state index is -0.322. The van der Waals surface area contributed by atoms with Gasteiger partial charge in [0, 0.05) is 22.5 Å². The Bertz CT molecular complexity index is 917. The normalized spacial score (nSPS) is 19.6. The second-order valence-corrected chi connectivity index (χ2v) is 7.41. The number of benzene rings is 2. The maximum Gasteiger partial charge on any atom is 0.336 e. The molecule has 1 atom stereocenters. The van der Waals surface area contributed by atoms with E-state index < -0.39 is 0 Å². The molecule has 0 N–H and O–H groups in total. The van der Waals surface area contributed by atoms with Gasteiger partial charge in [0.2, 0.25) is 5.91 Å². The maximum absolute atomic E-state index is 13.0. The van der Waals surface area contributed by atoms with Gasteiger partial charge in [0.15, 0.2) is 0 Å². The quantitative estimate of drug-likeness (QED) is 0.705. The van der Waals surface area contributed by atoms with E-state index in [1.165, 1.54) is 5.56 Å². The molecule has 5 heteroatoms. The number of carbonyl (C=O) groups is 2. The van der Waals surface area contributed by atoms with Crippen LogP contribution in [-0.2, 0) is 20.7 Å². The lowest BCUT2D eigenvalue weighted by Gasteiger charge is -2.32. The number of rotatable bonds is 3. The molecule has 0 spiro atoms. The number of hydrogen-bond acceptors (Lipinski definition) is 3. The first-order valence-corrected chi connectivity index (χ1v) is 9.45. The number of carbonyl (C=O) groups excluding carboxylic acids is 2. The van der Waals surface area contributed by atoms with Crippen molar-refractivity contribution in [2.24, 2.45) is 0 Å². The van der Waals surface area contributed by atoms with E-state index in [4.69, 9.17) is 4.74 Å². The van der Waals surface area contributed by atoms with Crippen molar-refractivity contribution < 1.29 is 14.3 Å². The minimum Gasteiger partial charge on any atom is -0.456 e. The van der Waals surface area contributed by atoms with E-state index in [1.54, 1.807) is 4.90 Å². The largest absolute Gasteiger partial charge is 0.456 e. The minimum absolute atomic E-state index is 0.0234. The molecule has 26 heavy (non-hydrogen) atoms. The standard InChI is InChI=1S/C21H18BrNO3/c1-2-13-6-8-14(9-7-13)17-11-19(24)23(16-5-3-4-15(22)10-16)18-12-26-21(25)20(17)18/h3-10,17H,2,11-12H2,1H3. The third kappa shape index (κ3) is 2.86. The number of aryl methyl sites for hydroxylation is 1. The van der Waals surface area contributed by atoms with Crippen LogP contribution in [-0.4, -0.2) is 18.5 Å². The van der Waals surface area contributed by atoms with Crippen molar-refractivity contribution in [2.75, 3.05) is 11.5 Å². The fourth-order valence-electron chi connectivity index (χ4n) is 3.64. The number of ether oxygens (including phenoxy) is 1. The first-order chi connectivity index (χ1) is 12.6. The number of amides is 1. The molecule has 0 bridgehead atoms. The highest BCUT2D eigenvalue weighted by atomic mass is 79.9. The summed E-state index contributed by atoms with van der Waals surface area (Å²) < 4.78 is 6.19. The number of hydrogen-bond donors (Lipinski definition) is 0. The zero-order valence-electron chi connectivity index (χ0n) is 14.4. The smallest absolute Gasteiger partial charge is 0.336 e. The van der Waals surface area contributed by atoms with Crippen molar-refractivity contribution in [3.63, 3.8) is 0 Å². The Labute approximate surface area is 160 Å². The van der Waals surface area contributed by atoms with Gasteiger partial charge in [-0.2, -0.15) is 0 Å². The summed E-state index contributed by atoms with van der Waals surface area (Å²) in [4.78, 5) is 27.0. The topological polar surface area (TPSA) is 46.6 Å². The second-order valence-electron chi connectivity index (χ2n) is 6.50. The maximum atomic E-state index is 13.0. The summed E-state index contributed by atoms with van der Waals surface area (Å²) in [6.07, 6.45) is 1.21. The van der Waals surface area contributed by atoms with E-state index in [2.05, 4.69) is 35.0 Å². The van der Waals surface area contributed by atoms with Gasteiger partial charge in [0.1, 0.15) is 6.61 Å². The van der Waals surface area contributed by atoms with Crippen molar-refractivity contribution in [3.05, 3.63) is 75.4 Å². The molecule has 4 nitrogen and oxygen atoms in total. The van der Waals surface area contributed by atoms with Crippen LogP contribution < -0.4 is 4.90 Å². The monoisotopic (exact) mass is 411 g/mol. The molecule has 1 unspecified atom stereocenters. The number of halogens is 1. The highest BCUT2D eigenvalue weighted by molar-refractivity contribution is 9.10. The van der Waals surface area contributed by atoms with E-state index >= 15 is 0 Å². The van der Waals surface area contributed by atoms with Crippen molar-refractivity contribution in [1.82, 2.24) is 0 Å². The Balaban J connectivity index is 1.80. The zero-order valence-corrected chi connectivity index (χ0v) is 16.0. The summed E-state index contributed by atoms with van der Waals surface area (Å²) in [5.74, 6) is -0.594. The molecule has 4 rings (SSSR count). The number of nitrogens with zero attached hydrogens (tertiary/aromatic N) is 1. The molecule has 2 aromatic carbocycles. The lowest BCUT2D eigenvalue weighted by molar-refractivity contribution is -0.136. The summed E-state index contributed by atoms with van der Waals surface area (Å²) >= 11 is 3.44. The van der Waals surface area contributed by atoms with Gasteiger partial charge in [-0.1, -0.05) is 53.2 Å². The molecule has 0 radical (unpaired) electrons. The second kappa shape index (κ2) is 6.72. The molecule has 2 heterocycles. The molecular weight excluding hydrogens is 394 g/mol. The Morgan fingerprint density at radius 1 is 1.15 bits per heavy atom. The van der Waals surface area contributed by atoms with Gasteiger partial charge in [0.05, 0.1) is 11.3 Å². The third-order valence-electron chi connectivity index (χ3n) is 4.97. The number of esters is 1. The van der Waals surface area contributed by atoms with Crippen LogP contribution in [0.5, 0.6) is 0 Å². The highest BCUT2D eigenvalue weighted by Crippen LogP contribution is 2.42. The van der Waals surface area contributed by atoms with Crippen LogP contribution in [0.15, 0.2) is 64.3 Å². The highest BCUT2D eigenvalue weighted by Gasteiger charge is 2.42. The van der Waals surface area contributed by atoms with Gasteiger partial charge in [0.25, 0.3) is 0 Å². The predicted molar refractivity (Wildman–Crippen MR) is 103 cm³/mol. The van der Waals surface area contributed by atoms with Gasteiger partial charge >= 0.3 is 5.97 Å². The Kier molecular flexibility index (Phi) is 4.41. The number of anilines is 1.